The molecule has 2 heterocycles. The van der Waals surface area contributed by atoms with Crippen molar-refractivity contribution in [2.24, 2.45) is 0 Å². The monoisotopic (exact) mass is 468 g/mol. The zero-order chi connectivity index (χ0) is 24.1. The third-order valence-corrected chi connectivity index (χ3v) is 5.93. The molecule has 172 valence electrons. The molecule has 11 heteroatoms. The molecule has 2 N–H and O–H groups in total. The van der Waals surface area contributed by atoms with Gasteiger partial charge >= 0.3 is 5.92 Å². The van der Waals surface area contributed by atoms with Crippen LogP contribution in [0.4, 0.5) is 19.0 Å². The average Bonchev–Trinajstić information content (AvgIpc) is 2.65. The lowest BCUT2D eigenvalue weighted by Crippen LogP contribution is -2.41. The van der Waals surface area contributed by atoms with Crippen molar-refractivity contribution in [2.75, 3.05) is 11.6 Å². The number of hydrogen-bond donors (Lipinski definition) is 2. The lowest BCUT2D eigenvalue weighted by molar-refractivity contribution is -0.170. The minimum Gasteiger partial charge on any atom is -0.384 e. The molecule has 7 nitrogen and oxygen atoms in total. The number of nitrogens with zero attached hydrogens (tertiary/aromatic N) is 3. The number of anilines is 1. The van der Waals surface area contributed by atoms with Gasteiger partial charge in [0.05, 0.1) is 16.8 Å². The smallest absolute Gasteiger partial charge is 0.303 e. The fraction of sp³-hybridized carbons (Fsp3) is 0.381. The zero-order valence-corrected chi connectivity index (χ0v) is 19.0. The summed E-state index contributed by atoms with van der Waals surface area (Å²) in [5.74, 6) is -4.41. The summed E-state index contributed by atoms with van der Waals surface area (Å²) in [7, 11) is -3.61. The van der Waals surface area contributed by atoms with Crippen molar-refractivity contribution >= 4 is 26.6 Å². The Labute approximate surface area is 183 Å². The molecule has 0 aliphatic carbocycles. The highest BCUT2D eigenvalue weighted by Crippen LogP contribution is 2.40. The van der Waals surface area contributed by atoms with Gasteiger partial charge in [-0.1, -0.05) is 12.1 Å². The minimum absolute atomic E-state index is 0.0787. The summed E-state index contributed by atoms with van der Waals surface area (Å²) in [6.45, 7) is 4.82. The summed E-state index contributed by atoms with van der Waals surface area (Å²) < 4.78 is 68.0. The second kappa shape index (κ2) is 7.96. The van der Waals surface area contributed by atoms with E-state index in [0.29, 0.717) is 22.4 Å². The minimum atomic E-state index is -3.82. The van der Waals surface area contributed by atoms with Crippen LogP contribution in [-0.4, -0.2) is 40.3 Å². The van der Waals surface area contributed by atoms with Gasteiger partial charge in [0.1, 0.15) is 23.1 Å². The van der Waals surface area contributed by atoms with Gasteiger partial charge in [0.15, 0.2) is 14.9 Å². The van der Waals surface area contributed by atoms with E-state index in [1.54, 1.807) is 13.8 Å². The molecular weight excluding hydrogens is 445 g/mol. The number of alkyl halides is 2. The van der Waals surface area contributed by atoms with E-state index in [-0.39, 0.29) is 23.0 Å². The summed E-state index contributed by atoms with van der Waals surface area (Å²) in [6, 6.07) is 4.84. The van der Waals surface area contributed by atoms with E-state index in [1.165, 1.54) is 18.2 Å². The summed E-state index contributed by atoms with van der Waals surface area (Å²) in [4.78, 5) is 12.6. The highest BCUT2D eigenvalue weighted by atomic mass is 32.2. The standard InChI is InChI=1S/C21H23F3N4O3S/c1-11-18-14(9-16(26-11)32(5,30)31)19(28-12(2)27-18)25-10-13-7-6-8-15(17(13)22)21(23,24)20(3,4)29/h6-9,29H,10H2,1-5H3,(H,25,27,28). The molecule has 3 rings (SSSR count). The predicted octanol–water partition coefficient (Wildman–Crippen LogP) is 3.66. The summed E-state index contributed by atoms with van der Waals surface area (Å²) in [5.41, 5.74) is -2.69. The van der Waals surface area contributed by atoms with Crippen LogP contribution in [0.1, 0.15) is 36.5 Å². The maximum Gasteiger partial charge on any atom is 0.303 e. The Morgan fingerprint density at radius 2 is 1.78 bits per heavy atom. The fourth-order valence-electron chi connectivity index (χ4n) is 3.16. The van der Waals surface area contributed by atoms with Crippen LogP contribution in [0.2, 0.25) is 0 Å². The Morgan fingerprint density at radius 3 is 2.38 bits per heavy atom. The van der Waals surface area contributed by atoms with Gasteiger partial charge in [0.2, 0.25) is 0 Å². The molecule has 0 saturated carbocycles. The van der Waals surface area contributed by atoms with Crippen molar-refractivity contribution in [3.05, 3.63) is 52.7 Å². The summed E-state index contributed by atoms with van der Waals surface area (Å²) >= 11 is 0. The molecule has 32 heavy (non-hydrogen) atoms. The van der Waals surface area contributed by atoms with E-state index in [1.807, 2.05) is 0 Å². The highest BCUT2D eigenvalue weighted by molar-refractivity contribution is 7.90. The SMILES string of the molecule is Cc1nc(NCc2cccc(C(F)(F)C(C)(C)O)c2F)c2cc(S(C)(=O)=O)nc(C)c2n1. The Morgan fingerprint density at radius 1 is 1.12 bits per heavy atom. The topological polar surface area (TPSA) is 105 Å². The van der Waals surface area contributed by atoms with Gasteiger partial charge in [-0.3, -0.25) is 0 Å². The molecule has 3 aromatic rings. The molecule has 0 radical (unpaired) electrons. The van der Waals surface area contributed by atoms with Crippen molar-refractivity contribution in [3.63, 3.8) is 0 Å². The molecule has 2 aromatic heterocycles. The van der Waals surface area contributed by atoms with Gasteiger partial charge in [0, 0.05) is 23.8 Å². The molecule has 0 aliphatic heterocycles. The van der Waals surface area contributed by atoms with Crippen molar-refractivity contribution < 1.29 is 26.7 Å². The predicted molar refractivity (Wildman–Crippen MR) is 114 cm³/mol. The Hall–Kier alpha value is -2.79. The number of fused-ring (bicyclic) bond motifs is 1. The van der Waals surface area contributed by atoms with E-state index in [2.05, 4.69) is 20.3 Å². The van der Waals surface area contributed by atoms with Crippen LogP contribution in [0.25, 0.3) is 10.9 Å². The van der Waals surface area contributed by atoms with E-state index >= 15 is 0 Å². The first kappa shape index (κ1) is 23.9. The number of benzene rings is 1. The second-order valence-electron chi connectivity index (χ2n) is 8.10. The number of aryl methyl sites for hydroxylation is 2. The summed E-state index contributed by atoms with van der Waals surface area (Å²) in [5, 5.41) is 12.9. The normalized spacial score (nSPS) is 12.9. The molecule has 0 unspecified atom stereocenters. The quantitative estimate of drug-likeness (QED) is 0.569. The molecule has 0 amide bonds. The lowest BCUT2D eigenvalue weighted by atomic mass is 9.92. The van der Waals surface area contributed by atoms with Crippen LogP contribution in [0.3, 0.4) is 0 Å². The van der Waals surface area contributed by atoms with E-state index in [0.717, 1.165) is 26.2 Å². The van der Waals surface area contributed by atoms with Gasteiger partial charge in [0.25, 0.3) is 0 Å². The Bertz CT molecular complexity index is 1310. The first-order valence-electron chi connectivity index (χ1n) is 9.61. The maximum atomic E-state index is 14.9. The molecule has 0 atom stereocenters. The first-order chi connectivity index (χ1) is 14.6. The first-order valence-corrected chi connectivity index (χ1v) is 11.5. The van der Waals surface area contributed by atoms with E-state index < -0.39 is 32.7 Å². The molecule has 0 spiro atoms. The third-order valence-electron chi connectivity index (χ3n) is 4.96. The number of halogens is 3. The van der Waals surface area contributed by atoms with Crippen LogP contribution in [0, 0.1) is 19.7 Å². The van der Waals surface area contributed by atoms with Gasteiger partial charge in [-0.15, -0.1) is 0 Å². The highest BCUT2D eigenvalue weighted by Gasteiger charge is 2.48. The van der Waals surface area contributed by atoms with Crippen molar-refractivity contribution in [2.45, 2.75) is 50.8 Å². The molecule has 0 fully saturated rings. The molecule has 1 aromatic carbocycles. The molecule has 0 aliphatic rings. The molecular formula is C21H23F3N4O3S. The van der Waals surface area contributed by atoms with Crippen LogP contribution >= 0.6 is 0 Å². The molecule has 0 bridgehead atoms. The van der Waals surface area contributed by atoms with Crippen LogP contribution in [0.15, 0.2) is 29.3 Å². The number of rotatable bonds is 6. The molecule has 0 saturated heterocycles. The van der Waals surface area contributed by atoms with Crippen molar-refractivity contribution in [1.82, 2.24) is 15.0 Å². The van der Waals surface area contributed by atoms with Gasteiger partial charge < -0.3 is 10.4 Å². The van der Waals surface area contributed by atoms with Gasteiger partial charge in [-0.2, -0.15) is 8.78 Å². The Kier molecular flexibility index (Phi) is 5.94. The zero-order valence-electron chi connectivity index (χ0n) is 18.2. The van der Waals surface area contributed by atoms with E-state index in [4.69, 9.17) is 0 Å². The lowest BCUT2D eigenvalue weighted by Gasteiger charge is -2.30. The van der Waals surface area contributed by atoms with Gasteiger partial charge in [-0.05, 0) is 39.8 Å². The summed E-state index contributed by atoms with van der Waals surface area (Å²) in [6.07, 6.45) is 1.02. The van der Waals surface area contributed by atoms with Crippen LogP contribution in [-0.2, 0) is 22.3 Å². The van der Waals surface area contributed by atoms with Crippen LogP contribution < -0.4 is 5.32 Å². The van der Waals surface area contributed by atoms with Crippen molar-refractivity contribution in [3.8, 4) is 0 Å². The third kappa shape index (κ3) is 4.40. The number of aromatic nitrogens is 3. The average molecular weight is 469 g/mol. The number of pyridine rings is 1. The van der Waals surface area contributed by atoms with E-state index in [9.17, 15) is 26.7 Å². The second-order valence-corrected chi connectivity index (χ2v) is 10.1. The fourth-order valence-corrected chi connectivity index (χ4v) is 3.79. The van der Waals surface area contributed by atoms with Gasteiger partial charge in [-0.25, -0.2) is 27.8 Å². The van der Waals surface area contributed by atoms with Crippen LogP contribution in [0.5, 0.6) is 0 Å². The maximum absolute atomic E-state index is 14.9. The Balaban J connectivity index is 2.05. The van der Waals surface area contributed by atoms with Crippen molar-refractivity contribution in [1.29, 1.82) is 0 Å². The number of aliphatic hydroxyl groups is 1. The number of sulfone groups is 1. The largest absolute Gasteiger partial charge is 0.384 e. The number of nitrogens with one attached hydrogen (secondary N) is 1. The number of hydrogen-bond acceptors (Lipinski definition) is 7.